The molecule has 2 heterocycles. The number of rotatable bonds is 5. The molecule has 0 spiro atoms. The lowest BCUT2D eigenvalue weighted by Crippen LogP contribution is -2.44. The molecule has 2 saturated heterocycles. The lowest BCUT2D eigenvalue weighted by Gasteiger charge is -2.32. The lowest BCUT2D eigenvalue weighted by molar-refractivity contribution is -0.128. The minimum atomic E-state index is -0.0359. The zero-order chi connectivity index (χ0) is 17.9. The van der Waals surface area contributed by atoms with E-state index in [1.807, 2.05) is 30.3 Å². The maximum Gasteiger partial charge on any atom is 0.226 e. The third-order valence-corrected chi connectivity index (χ3v) is 5.37. The molecule has 0 saturated carbocycles. The fraction of sp³-hybridized carbons (Fsp3) is 0.409. The van der Waals surface area contributed by atoms with Crippen LogP contribution in [0.3, 0.4) is 0 Å². The van der Waals surface area contributed by atoms with Gasteiger partial charge in [-0.15, -0.1) is 0 Å². The van der Waals surface area contributed by atoms with Crippen molar-refractivity contribution in [2.45, 2.75) is 38.6 Å². The molecule has 0 aromatic heterocycles. The molecule has 2 aromatic rings. The van der Waals surface area contributed by atoms with E-state index in [-0.39, 0.29) is 24.0 Å². The highest BCUT2D eigenvalue weighted by Crippen LogP contribution is 2.32. The van der Waals surface area contributed by atoms with Crippen molar-refractivity contribution in [3.05, 3.63) is 71.3 Å². The molecule has 2 bridgehead atoms. The molecule has 2 aliphatic rings. The number of fused-ring (bicyclic) bond motifs is 2. The van der Waals surface area contributed by atoms with Gasteiger partial charge < -0.3 is 10.1 Å². The highest BCUT2D eigenvalue weighted by molar-refractivity contribution is 5.79. The molecule has 3 atom stereocenters. The SMILES string of the molecule is Cc1cccc(CN2C[C@H]3C[C@H](C(=O)NCc4ccccc4)[C@@H](C2)O3)c1. The Labute approximate surface area is 155 Å². The van der Waals surface area contributed by atoms with Crippen LogP contribution in [-0.2, 0) is 22.6 Å². The van der Waals surface area contributed by atoms with Gasteiger partial charge in [0, 0.05) is 26.2 Å². The Hall–Kier alpha value is -2.17. The number of aryl methyl sites for hydroxylation is 1. The summed E-state index contributed by atoms with van der Waals surface area (Å²) in [5, 5.41) is 3.09. The first-order chi connectivity index (χ1) is 12.7. The van der Waals surface area contributed by atoms with Gasteiger partial charge in [0.1, 0.15) is 0 Å². The van der Waals surface area contributed by atoms with E-state index in [0.29, 0.717) is 6.54 Å². The molecule has 0 radical (unpaired) electrons. The summed E-state index contributed by atoms with van der Waals surface area (Å²) in [7, 11) is 0. The maximum absolute atomic E-state index is 12.7. The fourth-order valence-electron chi connectivity index (χ4n) is 4.13. The van der Waals surface area contributed by atoms with Gasteiger partial charge >= 0.3 is 0 Å². The molecular formula is C22H26N2O2. The van der Waals surface area contributed by atoms with E-state index >= 15 is 0 Å². The van der Waals surface area contributed by atoms with Crippen LogP contribution in [0.15, 0.2) is 54.6 Å². The van der Waals surface area contributed by atoms with Crippen molar-refractivity contribution in [2.24, 2.45) is 5.92 Å². The predicted octanol–water partition coefficient (Wildman–Crippen LogP) is 2.90. The number of carbonyl (C=O) groups excluding carboxylic acids is 1. The maximum atomic E-state index is 12.7. The molecule has 1 amide bonds. The minimum Gasteiger partial charge on any atom is -0.371 e. The van der Waals surface area contributed by atoms with Crippen molar-refractivity contribution in [1.29, 1.82) is 0 Å². The highest BCUT2D eigenvalue weighted by Gasteiger charge is 2.44. The molecule has 26 heavy (non-hydrogen) atoms. The van der Waals surface area contributed by atoms with E-state index in [9.17, 15) is 4.79 Å². The van der Waals surface area contributed by atoms with E-state index in [1.54, 1.807) is 0 Å². The van der Waals surface area contributed by atoms with Crippen molar-refractivity contribution in [3.63, 3.8) is 0 Å². The van der Waals surface area contributed by atoms with Crippen molar-refractivity contribution >= 4 is 5.91 Å². The molecule has 2 aliphatic heterocycles. The number of likely N-dealkylation sites (tertiary alicyclic amines) is 1. The zero-order valence-corrected chi connectivity index (χ0v) is 15.2. The summed E-state index contributed by atoms with van der Waals surface area (Å²) >= 11 is 0. The molecule has 1 N–H and O–H groups in total. The first-order valence-corrected chi connectivity index (χ1v) is 9.42. The standard InChI is InChI=1S/C22H26N2O2/c1-16-6-5-9-18(10-16)13-24-14-19-11-20(21(15-24)26-19)22(25)23-12-17-7-3-2-4-8-17/h2-10,19-21H,11-15H2,1H3,(H,23,25)/t19-,20+,21-/m1/s1. The third-order valence-electron chi connectivity index (χ3n) is 5.37. The smallest absolute Gasteiger partial charge is 0.226 e. The number of nitrogens with zero attached hydrogens (tertiary/aromatic N) is 1. The topological polar surface area (TPSA) is 41.6 Å². The summed E-state index contributed by atoms with van der Waals surface area (Å²) in [6, 6.07) is 18.7. The van der Waals surface area contributed by atoms with Crippen LogP contribution < -0.4 is 5.32 Å². The lowest BCUT2D eigenvalue weighted by atomic mass is 9.99. The summed E-state index contributed by atoms with van der Waals surface area (Å²) < 4.78 is 6.07. The number of hydrogen-bond acceptors (Lipinski definition) is 3. The van der Waals surface area contributed by atoms with Gasteiger partial charge in [-0.25, -0.2) is 0 Å². The van der Waals surface area contributed by atoms with Crippen LogP contribution in [0.25, 0.3) is 0 Å². The van der Waals surface area contributed by atoms with Gasteiger partial charge in [0.05, 0.1) is 18.1 Å². The van der Waals surface area contributed by atoms with Crippen LogP contribution in [0, 0.1) is 12.8 Å². The average Bonchev–Trinajstić information content (AvgIpc) is 2.95. The quantitative estimate of drug-likeness (QED) is 0.902. The summed E-state index contributed by atoms with van der Waals surface area (Å²) in [4.78, 5) is 15.1. The summed E-state index contributed by atoms with van der Waals surface area (Å²) in [6.07, 6.45) is 1.01. The Morgan fingerprint density at radius 2 is 1.92 bits per heavy atom. The summed E-state index contributed by atoms with van der Waals surface area (Å²) in [5.41, 5.74) is 3.75. The first kappa shape index (κ1) is 17.3. The summed E-state index contributed by atoms with van der Waals surface area (Å²) in [5.74, 6) is 0.0879. The van der Waals surface area contributed by atoms with Crippen LogP contribution in [0.1, 0.15) is 23.1 Å². The molecule has 4 nitrogen and oxygen atoms in total. The van der Waals surface area contributed by atoms with E-state index in [1.165, 1.54) is 11.1 Å². The third kappa shape index (κ3) is 3.97. The minimum absolute atomic E-state index is 0.00864. The first-order valence-electron chi connectivity index (χ1n) is 9.42. The van der Waals surface area contributed by atoms with E-state index in [4.69, 9.17) is 4.74 Å². The molecule has 136 valence electrons. The van der Waals surface area contributed by atoms with Gasteiger partial charge in [0.25, 0.3) is 0 Å². The van der Waals surface area contributed by atoms with Gasteiger partial charge in [0.15, 0.2) is 0 Å². The second-order valence-electron chi connectivity index (χ2n) is 7.53. The molecule has 2 aromatic carbocycles. The van der Waals surface area contributed by atoms with Crippen LogP contribution >= 0.6 is 0 Å². The molecule has 0 aliphatic carbocycles. The molecule has 4 heteroatoms. The van der Waals surface area contributed by atoms with Crippen molar-refractivity contribution < 1.29 is 9.53 Å². The van der Waals surface area contributed by atoms with E-state index < -0.39 is 0 Å². The number of nitrogens with one attached hydrogen (secondary N) is 1. The van der Waals surface area contributed by atoms with Gasteiger partial charge in [0.2, 0.25) is 5.91 Å². The number of amides is 1. The fourth-order valence-corrected chi connectivity index (χ4v) is 4.13. The van der Waals surface area contributed by atoms with Crippen molar-refractivity contribution in [3.8, 4) is 0 Å². The van der Waals surface area contributed by atoms with Gasteiger partial charge in [-0.3, -0.25) is 9.69 Å². The van der Waals surface area contributed by atoms with Gasteiger partial charge in [-0.05, 0) is 24.5 Å². The van der Waals surface area contributed by atoms with Gasteiger partial charge in [-0.1, -0.05) is 60.2 Å². The largest absolute Gasteiger partial charge is 0.371 e. The number of carbonyl (C=O) groups is 1. The predicted molar refractivity (Wildman–Crippen MR) is 102 cm³/mol. The van der Waals surface area contributed by atoms with Crippen molar-refractivity contribution in [2.75, 3.05) is 13.1 Å². The van der Waals surface area contributed by atoms with E-state index in [0.717, 1.165) is 31.6 Å². The normalized spacial score (nSPS) is 25.2. The van der Waals surface area contributed by atoms with Crippen LogP contribution in [0.2, 0.25) is 0 Å². The van der Waals surface area contributed by atoms with E-state index in [2.05, 4.69) is 41.4 Å². The average molecular weight is 350 g/mol. The Morgan fingerprint density at radius 3 is 2.73 bits per heavy atom. The Bertz CT molecular complexity index is 762. The van der Waals surface area contributed by atoms with Crippen molar-refractivity contribution in [1.82, 2.24) is 10.2 Å². The van der Waals surface area contributed by atoms with Crippen LogP contribution in [-0.4, -0.2) is 36.1 Å². The Morgan fingerprint density at radius 1 is 1.12 bits per heavy atom. The monoisotopic (exact) mass is 350 g/mol. The summed E-state index contributed by atoms with van der Waals surface area (Å²) in [6.45, 7) is 5.37. The Kier molecular flexibility index (Phi) is 5.05. The van der Waals surface area contributed by atoms with Gasteiger partial charge in [-0.2, -0.15) is 0 Å². The molecule has 0 unspecified atom stereocenters. The number of morpholine rings is 1. The van der Waals surface area contributed by atoms with Crippen LogP contribution in [0.4, 0.5) is 0 Å². The van der Waals surface area contributed by atoms with Crippen LogP contribution in [0.5, 0.6) is 0 Å². The second-order valence-corrected chi connectivity index (χ2v) is 7.53. The molecular weight excluding hydrogens is 324 g/mol. The number of benzene rings is 2. The molecule has 4 rings (SSSR count). The number of ether oxygens (including phenoxy) is 1. The Balaban J connectivity index is 1.34. The number of hydrogen-bond donors (Lipinski definition) is 1. The zero-order valence-electron chi connectivity index (χ0n) is 15.2. The second kappa shape index (κ2) is 7.60. The highest BCUT2D eigenvalue weighted by atomic mass is 16.5. The molecule has 2 fully saturated rings.